The second kappa shape index (κ2) is 20.5. The van der Waals surface area contributed by atoms with Crippen LogP contribution in [0.5, 0.6) is 11.5 Å². The smallest absolute Gasteiger partial charge is 0.184 e. The van der Waals surface area contributed by atoms with Gasteiger partial charge in [0.25, 0.3) is 0 Å². The Labute approximate surface area is 495 Å². The summed E-state index contributed by atoms with van der Waals surface area (Å²) in [5, 5.41) is 5.08. The lowest BCUT2D eigenvalue weighted by molar-refractivity contribution is 0.483. The van der Waals surface area contributed by atoms with Crippen molar-refractivity contribution in [3.8, 4) is 33.8 Å². The second-order valence-electron chi connectivity index (χ2n) is 26.2. The first-order valence-electron chi connectivity index (χ1n) is 31.2. The molecule has 5 nitrogen and oxygen atoms in total. The average Bonchev–Trinajstić information content (AvgIpc) is 0.887. The fraction of sp³-hybridized carbons (Fsp3) is 0.224. The molecular formula is C76H76N4OSi. The van der Waals surface area contributed by atoms with E-state index in [0.717, 1.165) is 56.6 Å². The Morgan fingerprint density at radius 2 is 0.951 bits per heavy atom. The topological polar surface area (TPSA) is 31.8 Å². The first kappa shape index (κ1) is 48.3. The normalized spacial score (nSPS) is 14.9. The van der Waals surface area contributed by atoms with Crippen molar-refractivity contribution in [1.29, 1.82) is 0 Å². The van der Waals surface area contributed by atoms with Gasteiger partial charge in [-0.2, -0.15) is 0 Å². The molecule has 0 saturated heterocycles. The zero-order chi connectivity index (χ0) is 61.7. The van der Waals surface area contributed by atoms with Gasteiger partial charge in [0, 0.05) is 40.8 Å². The third kappa shape index (κ3) is 9.81. The highest BCUT2D eigenvalue weighted by Gasteiger charge is 2.49. The fourth-order valence-electron chi connectivity index (χ4n) is 12.0. The molecule has 1 aromatic heterocycles. The molecule has 0 radical (unpaired) electrons. The van der Waals surface area contributed by atoms with Crippen molar-refractivity contribution >= 4 is 68.8 Å². The van der Waals surface area contributed by atoms with Gasteiger partial charge in [0.15, 0.2) is 8.07 Å². The van der Waals surface area contributed by atoms with E-state index in [-0.39, 0.29) is 51.4 Å². The molecular weight excluding hydrogens is 1010 g/mol. The summed E-state index contributed by atoms with van der Waals surface area (Å²) in [5.74, 6) is 2.16. The predicted molar refractivity (Wildman–Crippen MR) is 350 cm³/mol. The maximum absolute atomic E-state index is 9.56. The van der Waals surface area contributed by atoms with Crippen LogP contribution in [0.3, 0.4) is 0 Å². The highest BCUT2D eigenvalue weighted by Crippen LogP contribution is 2.52. The molecule has 9 aromatic carbocycles. The number of benzene rings is 9. The minimum Gasteiger partial charge on any atom is -0.457 e. The van der Waals surface area contributed by atoms with Gasteiger partial charge < -0.3 is 14.5 Å². The summed E-state index contributed by atoms with van der Waals surface area (Å²) in [5.41, 5.74) is 11.8. The minimum atomic E-state index is -3.00. The summed E-state index contributed by atoms with van der Waals surface area (Å²) < 4.78 is 53.0. The van der Waals surface area contributed by atoms with E-state index in [1.807, 2.05) is 24.4 Å². The average molecular weight is 1090 g/mol. The SMILES string of the molecule is [2H]c1c([2H])c([2H])c(-c2cc(C(C)(C)C)cc(-c3cc(C(C)(C)C)cc(C(C)(C)C)c3)c2N2CN(c3cccc(Oc4ccc5c(c4)N(c4cc(C(C)(C)C)ccn4)c4ccccc4[Si]5(c4ccccc4)c4ccccc4)c3)c3ccccc32)c([2H])c1[2H]. The van der Waals surface area contributed by atoms with Crippen LogP contribution in [0.1, 0.15) is 112 Å². The Balaban J connectivity index is 1.03. The van der Waals surface area contributed by atoms with Gasteiger partial charge in [-0.1, -0.05) is 235 Å². The van der Waals surface area contributed by atoms with E-state index in [2.05, 4.69) is 274 Å². The molecule has 0 N–H and O–H groups in total. The van der Waals surface area contributed by atoms with Crippen molar-refractivity contribution in [1.82, 2.24) is 4.98 Å². The van der Waals surface area contributed by atoms with Gasteiger partial charge in [0.05, 0.1) is 29.6 Å². The first-order valence-corrected chi connectivity index (χ1v) is 30.7. The van der Waals surface area contributed by atoms with Gasteiger partial charge >= 0.3 is 0 Å². The molecule has 0 amide bonds. The number of nitrogens with zero attached hydrogens (tertiary/aromatic N) is 4. The third-order valence-electron chi connectivity index (χ3n) is 16.5. The number of fused-ring (bicyclic) bond motifs is 3. The summed E-state index contributed by atoms with van der Waals surface area (Å²) >= 11 is 0. The Bertz CT molecular complexity index is 4210. The van der Waals surface area contributed by atoms with Crippen LogP contribution in [0.15, 0.2) is 231 Å². The lowest BCUT2D eigenvalue weighted by Crippen LogP contribution is -2.77. The van der Waals surface area contributed by atoms with Crippen LogP contribution in [-0.4, -0.2) is 19.7 Å². The summed E-state index contributed by atoms with van der Waals surface area (Å²) in [7, 11) is -3.00. The van der Waals surface area contributed by atoms with E-state index in [1.165, 1.54) is 37.4 Å². The van der Waals surface area contributed by atoms with E-state index >= 15 is 0 Å². The molecule has 2 aliphatic heterocycles. The van der Waals surface area contributed by atoms with E-state index in [9.17, 15) is 2.74 Å². The van der Waals surface area contributed by atoms with Crippen LogP contribution in [0.4, 0.5) is 39.9 Å². The molecule has 0 atom stereocenters. The van der Waals surface area contributed by atoms with Gasteiger partial charge in [-0.3, -0.25) is 4.90 Å². The number of hydrogen-bond donors (Lipinski definition) is 0. The first-order chi connectivity index (χ1) is 41.2. The molecule has 0 aliphatic carbocycles. The van der Waals surface area contributed by atoms with Crippen molar-refractivity contribution in [2.45, 2.75) is 105 Å². The van der Waals surface area contributed by atoms with Gasteiger partial charge in [-0.05, 0) is 136 Å². The lowest BCUT2D eigenvalue weighted by Gasteiger charge is -2.44. The van der Waals surface area contributed by atoms with E-state index in [0.29, 0.717) is 23.7 Å². The molecule has 0 saturated carbocycles. The molecule has 6 heteroatoms. The number of rotatable bonds is 9. The summed E-state index contributed by atoms with van der Waals surface area (Å²) in [6.45, 7) is 27.0. The van der Waals surface area contributed by atoms with E-state index in [1.54, 1.807) is 0 Å². The van der Waals surface area contributed by atoms with Crippen molar-refractivity contribution in [3.05, 3.63) is 253 Å². The lowest BCUT2D eigenvalue weighted by atomic mass is 9.77. The Morgan fingerprint density at radius 3 is 1.56 bits per heavy atom. The number of anilines is 7. The van der Waals surface area contributed by atoms with Crippen LogP contribution >= 0.6 is 0 Å². The monoisotopic (exact) mass is 1090 g/mol. The molecule has 12 rings (SSSR count). The predicted octanol–water partition coefficient (Wildman–Crippen LogP) is 17.8. The quantitative estimate of drug-likeness (QED) is 0.135. The Kier molecular flexibility index (Phi) is 12.1. The molecule has 2 aliphatic rings. The van der Waals surface area contributed by atoms with Crippen molar-refractivity contribution in [3.63, 3.8) is 0 Å². The molecule has 0 spiro atoms. The molecule has 0 unspecified atom stereocenters. The van der Waals surface area contributed by atoms with Gasteiger partial charge in [-0.25, -0.2) is 4.98 Å². The molecule has 82 heavy (non-hydrogen) atoms. The van der Waals surface area contributed by atoms with Crippen LogP contribution < -0.4 is 40.2 Å². The number of pyridine rings is 1. The van der Waals surface area contributed by atoms with Crippen LogP contribution in [0.2, 0.25) is 0 Å². The van der Waals surface area contributed by atoms with Crippen molar-refractivity contribution in [2.75, 3.05) is 21.4 Å². The highest BCUT2D eigenvalue weighted by atomic mass is 28.3. The number of para-hydroxylation sites is 3. The largest absolute Gasteiger partial charge is 0.457 e. The molecule has 3 heterocycles. The summed E-state index contributed by atoms with van der Waals surface area (Å²) in [6, 6.07) is 68.0. The van der Waals surface area contributed by atoms with E-state index < -0.39 is 14.1 Å². The highest BCUT2D eigenvalue weighted by molar-refractivity contribution is 7.21. The molecule has 10 aromatic rings. The van der Waals surface area contributed by atoms with Gasteiger partial charge in [0.2, 0.25) is 0 Å². The zero-order valence-corrected chi connectivity index (χ0v) is 50.5. The third-order valence-corrected chi connectivity index (χ3v) is 21.4. The molecule has 410 valence electrons. The van der Waals surface area contributed by atoms with Crippen LogP contribution in [0.25, 0.3) is 22.3 Å². The number of ether oxygens (including phenoxy) is 1. The Hall–Kier alpha value is -8.45. The van der Waals surface area contributed by atoms with Crippen molar-refractivity contribution in [2.24, 2.45) is 0 Å². The second-order valence-corrected chi connectivity index (χ2v) is 30.0. The molecule has 0 bridgehead atoms. The van der Waals surface area contributed by atoms with Gasteiger partial charge in [0.1, 0.15) is 24.0 Å². The minimum absolute atomic E-state index is 0.120. The summed E-state index contributed by atoms with van der Waals surface area (Å²) in [6.07, 6.45) is 1.93. The number of aromatic nitrogens is 1. The zero-order valence-electron chi connectivity index (χ0n) is 54.5. The standard InChI is InChI=1S/C76H76N4OSi/c1-73(2,3)54-41-42-77-71(48-54)80-67-37-24-25-38-69(67)82(61-31-18-14-19-32-61,62-33-20-15-21-34-62)70-40-39-60(50-68(70)80)81-59-30-26-29-58(49-59)78-51-79(66-36-23-22-35-65(66)78)72-63(52-27-16-13-17-28-52)46-57(76(10,11)12)47-64(72)53-43-55(74(4,5)6)45-56(44-53)75(7,8)9/h13-50H,51H2,1-12H3/i13D,16D,17D,27D,28D. The fourth-order valence-corrected chi connectivity index (χ4v) is 17.1. The Morgan fingerprint density at radius 1 is 0.427 bits per heavy atom. The van der Waals surface area contributed by atoms with Gasteiger partial charge in [-0.15, -0.1) is 0 Å². The van der Waals surface area contributed by atoms with E-state index in [4.69, 9.17) is 13.8 Å². The maximum atomic E-state index is 9.56. The maximum Gasteiger partial charge on any atom is 0.184 e. The molecule has 0 fully saturated rings. The van der Waals surface area contributed by atoms with Crippen LogP contribution in [0, 0.1) is 0 Å². The van der Waals surface area contributed by atoms with Crippen LogP contribution in [-0.2, 0) is 21.7 Å². The summed E-state index contributed by atoms with van der Waals surface area (Å²) in [4.78, 5) is 12.0. The number of hydrogen-bond acceptors (Lipinski definition) is 5. The van der Waals surface area contributed by atoms with Crippen molar-refractivity contribution < 1.29 is 11.6 Å².